The van der Waals surface area contributed by atoms with Crippen molar-refractivity contribution in [2.75, 3.05) is 26.4 Å². The number of aliphatic hydroxyl groups is 11. The molecule has 17 atom stereocenters. The summed E-state index contributed by atoms with van der Waals surface area (Å²) in [5, 5.41) is 121. The van der Waals surface area contributed by atoms with Gasteiger partial charge in [-0.2, -0.15) is 0 Å². The molecule has 0 spiro atoms. The van der Waals surface area contributed by atoms with Crippen LogP contribution < -0.4 is 5.32 Å². The van der Waals surface area contributed by atoms with Crippen molar-refractivity contribution in [3.8, 4) is 0 Å². The lowest BCUT2D eigenvalue weighted by Crippen LogP contribution is -2.66. The van der Waals surface area contributed by atoms with Crippen LogP contribution in [0.25, 0.3) is 0 Å². The predicted molar refractivity (Wildman–Crippen MR) is 411 cm³/mol. The summed E-state index contributed by atoms with van der Waals surface area (Å²) in [6.07, 6.45) is 58.1. The van der Waals surface area contributed by atoms with Gasteiger partial charge in [0.15, 0.2) is 18.9 Å². The molecule has 0 aromatic rings. The molecule has 3 saturated heterocycles. The average Bonchev–Trinajstić information content (AvgIpc) is 0.781. The molecule has 17 unspecified atom stereocenters. The van der Waals surface area contributed by atoms with Gasteiger partial charge in [0.1, 0.15) is 73.2 Å². The molecular formula is C84H149NO18. The maximum Gasteiger partial charge on any atom is 0.220 e. The molecule has 19 nitrogen and oxygen atoms in total. The van der Waals surface area contributed by atoms with E-state index in [0.717, 1.165) is 89.9 Å². The molecule has 598 valence electrons. The minimum absolute atomic E-state index is 0.241. The molecule has 0 bridgehead atoms. The highest BCUT2D eigenvalue weighted by atomic mass is 16.8. The molecule has 3 rings (SSSR count). The number of hydrogen-bond acceptors (Lipinski definition) is 18. The lowest BCUT2D eigenvalue weighted by molar-refractivity contribution is -0.379. The van der Waals surface area contributed by atoms with Crippen molar-refractivity contribution < 1.29 is 89.4 Å². The van der Waals surface area contributed by atoms with E-state index < -0.39 is 124 Å². The number of rotatable bonds is 65. The highest BCUT2D eigenvalue weighted by Gasteiger charge is 2.54. The first-order chi connectivity index (χ1) is 50.3. The van der Waals surface area contributed by atoms with Crippen LogP contribution in [0.15, 0.2) is 85.1 Å². The van der Waals surface area contributed by atoms with Gasteiger partial charge in [-0.05, 0) is 70.6 Å². The molecule has 3 aliphatic heterocycles. The number of carbonyl (C=O) groups is 1. The van der Waals surface area contributed by atoms with Crippen molar-refractivity contribution in [3.63, 3.8) is 0 Å². The lowest BCUT2D eigenvalue weighted by Gasteiger charge is -2.48. The molecule has 103 heavy (non-hydrogen) atoms. The van der Waals surface area contributed by atoms with Gasteiger partial charge in [-0.1, -0.05) is 317 Å². The molecule has 12 N–H and O–H groups in total. The number of ether oxygens (including phenoxy) is 6. The van der Waals surface area contributed by atoms with Gasteiger partial charge < -0.3 is 89.9 Å². The van der Waals surface area contributed by atoms with Gasteiger partial charge in [-0.15, -0.1) is 0 Å². The minimum atomic E-state index is -1.97. The zero-order chi connectivity index (χ0) is 74.6. The van der Waals surface area contributed by atoms with E-state index in [1.54, 1.807) is 0 Å². The summed E-state index contributed by atoms with van der Waals surface area (Å²) in [6.45, 7) is 1.72. The Morgan fingerprint density at radius 2 is 0.670 bits per heavy atom. The predicted octanol–water partition coefficient (Wildman–Crippen LogP) is 14.2. The van der Waals surface area contributed by atoms with Crippen LogP contribution in [0.2, 0.25) is 0 Å². The smallest absolute Gasteiger partial charge is 0.220 e. The molecule has 0 aliphatic carbocycles. The maximum absolute atomic E-state index is 13.5. The van der Waals surface area contributed by atoms with Crippen LogP contribution in [-0.4, -0.2) is 193 Å². The van der Waals surface area contributed by atoms with Crippen LogP contribution in [0.3, 0.4) is 0 Å². The maximum atomic E-state index is 13.5. The van der Waals surface area contributed by atoms with Crippen LogP contribution in [0, 0.1) is 0 Å². The Bertz CT molecular complexity index is 2190. The van der Waals surface area contributed by atoms with E-state index in [1.165, 1.54) is 186 Å². The Kier molecular flexibility index (Phi) is 58.4. The minimum Gasteiger partial charge on any atom is -0.394 e. The third kappa shape index (κ3) is 43.7. The first-order valence-corrected chi connectivity index (χ1v) is 41.3. The number of amides is 1. The Balaban J connectivity index is 1.31. The topological polar surface area (TPSA) is 307 Å². The largest absolute Gasteiger partial charge is 0.394 e. The van der Waals surface area contributed by atoms with Gasteiger partial charge in [0, 0.05) is 6.42 Å². The van der Waals surface area contributed by atoms with Crippen molar-refractivity contribution in [1.29, 1.82) is 0 Å². The van der Waals surface area contributed by atoms with Gasteiger partial charge in [-0.25, -0.2) is 0 Å². The van der Waals surface area contributed by atoms with Gasteiger partial charge in [-0.3, -0.25) is 4.79 Å². The van der Waals surface area contributed by atoms with E-state index >= 15 is 0 Å². The SMILES string of the molecule is CC/C=C\C/C=C\C/C=C\C/C=C\C/C=C\C/C=C\C/C=C\CCCCCCCCCCCCCCCCCCCC(=O)NC(COC1OC(CO)C(OC2OC(CO)C(OC3OC(CO)C(O)C(O)C3O)C(O)C2O)C(O)C1O)C(O)CCCCCCCCCCCCCCCCCCCCC. The molecule has 3 fully saturated rings. The number of unbranched alkanes of at least 4 members (excludes halogenated alkanes) is 35. The number of allylic oxidation sites excluding steroid dienone is 14. The molecule has 0 radical (unpaired) electrons. The van der Waals surface area contributed by atoms with Crippen molar-refractivity contribution >= 4 is 5.91 Å². The van der Waals surface area contributed by atoms with Crippen LogP contribution in [0.1, 0.15) is 309 Å². The molecule has 3 heterocycles. The van der Waals surface area contributed by atoms with E-state index in [9.17, 15) is 61.0 Å². The summed E-state index contributed by atoms with van der Waals surface area (Å²) in [4.78, 5) is 13.5. The summed E-state index contributed by atoms with van der Waals surface area (Å²) in [7, 11) is 0. The van der Waals surface area contributed by atoms with E-state index in [-0.39, 0.29) is 18.9 Å². The first kappa shape index (κ1) is 94.2. The molecule has 0 aromatic carbocycles. The van der Waals surface area contributed by atoms with E-state index in [4.69, 9.17) is 28.4 Å². The van der Waals surface area contributed by atoms with Crippen molar-refractivity contribution in [2.45, 2.75) is 413 Å². The highest BCUT2D eigenvalue weighted by molar-refractivity contribution is 5.76. The zero-order valence-electron chi connectivity index (χ0n) is 64.0. The second-order valence-corrected chi connectivity index (χ2v) is 29.2. The Morgan fingerprint density at radius 3 is 1.05 bits per heavy atom. The fraction of sp³-hybridized carbons (Fsp3) is 0.821. The normalized spacial score (nSPS) is 26.5. The number of nitrogens with one attached hydrogen (secondary N) is 1. The molecule has 0 saturated carbocycles. The third-order valence-corrected chi connectivity index (χ3v) is 20.2. The van der Waals surface area contributed by atoms with E-state index in [1.807, 2.05) is 0 Å². The van der Waals surface area contributed by atoms with E-state index in [2.05, 4.69) is 104 Å². The Morgan fingerprint density at radius 1 is 0.359 bits per heavy atom. The third-order valence-electron chi connectivity index (χ3n) is 20.2. The molecule has 1 amide bonds. The van der Waals surface area contributed by atoms with E-state index in [0.29, 0.717) is 12.8 Å². The summed E-state index contributed by atoms with van der Waals surface area (Å²) in [5.41, 5.74) is 0. The van der Waals surface area contributed by atoms with Gasteiger partial charge in [0.25, 0.3) is 0 Å². The van der Waals surface area contributed by atoms with Crippen LogP contribution in [0.5, 0.6) is 0 Å². The molecular weight excluding hydrogens is 1310 g/mol. The second kappa shape index (κ2) is 63.9. The van der Waals surface area contributed by atoms with Crippen molar-refractivity contribution in [2.24, 2.45) is 0 Å². The average molecular weight is 1460 g/mol. The zero-order valence-corrected chi connectivity index (χ0v) is 64.0. The molecule has 19 heteroatoms. The van der Waals surface area contributed by atoms with Crippen molar-refractivity contribution in [1.82, 2.24) is 5.32 Å². The van der Waals surface area contributed by atoms with Crippen LogP contribution >= 0.6 is 0 Å². The van der Waals surface area contributed by atoms with Crippen molar-refractivity contribution in [3.05, 3.63) is 85.1 Å². The summed E-state index contributed by atoms with van der Waals surface area (Å²) < 4.78 is 34.5. The number of hydrogen-bond donors (Lipinski definition) is 12. The second-order valence-electron chi connectivity index (χ2n) is 29.2. The Labute approximate surface area is 622 Å². The fourth-order valence-electron chi connectivity index (χ4n) is 13.7. The first-order valence-electron chi connectivity index (χ1n) is 41.3. The highest BCUT2D eigenvalue weighted by Crippen LogP contribution is 2.33. The fourth-order valence-corrected chi connectivity index (χ4v) is 13.7. The monoisotopic (exact) mass is 1460 g/mol. The molecule has 3 aliphatic rings. The lowest BCUT2D eigenvalue weighted by atomic mass is 9.96. The number of aliphatic hydroxyl groups excluding tert-OH is 11. The van der Waals surface area contributed by atoms with Crippen LogP contribution in [0.4, 0.5) is 0 Å². The van der Waals surface area contributed by atoms with Gasteiger partial charge >= 0.3 is 0 Å². The molecule has 0 aromatic heterocycles. The number of carbonyl (C=O) groups excluding carboxylic acids is 1. The summed E-state index contributed by atoms with van der Waals surface area (Å²) >= 11 is 0. The summed E-state index contributed by atoms with van der Waals surface area (Å²) in [5.74, 6) is -0.241. The quantitative estimate of drug-likeness (QED) is 0.0199. The van der Waals surface area contributed by atoms with Crippen LogP contribution in [-0.2, 0) is 33.2 Å². The Hall–Kier alpha value is -3.03. The van der Waals surface area contributed by atoms with Gasteiger partial charge in [0.05, 0.1) is 38.6 Å². The van der Waals surface area contributed by atoms with Gasteiger partial charge in [0.2, 0.25) is 5.91 Å². The standard InChI is InChI=1S/C84H149NO18/c1-3-5-7-9-11-13-15-17-19-21-23-24-25-26-27-28-29-30-31-32-33-34-35-36-37-38-39-40-41-42-44-46-48-50-52-54-56-58-60-62-72(90)85-67(68(89)61-59-57-55-53-51-49-47-45-43-22-20-18-16-14-12-10-8-6-4-2)66-98-82-78(96)75(93)80(70(64-87)100-82)103-84-79(97)76(94)81(71(65-88)101-84)102-83-77(95)74(92)73(91)69(63-86)99-83/h5,7,11,13,17,19,23-24,26-27,29-30,32-33,67-71,73-84,86-89,91-97H,3-4,6,8-10,12,14-16,18,20-22,25,28,31,34-66H2,1-2H3,(H,85,90)/b7-5-,13-11-,19-17-,24-23-,27-26-,30-29-,33-32-. The summed E-state index contributed by atoms with van der Waals surface area (Å²) in [6, 6.07) is -0.891.